The van der Waals surface area contributed by atoms with Crippen LogP contribution in [0.1, 0.15) is 18.1 Å². The van der Waals surface area contributed by atoms with Crippen LogP contribution in [0, 0.1) is 0 Å². The molecule has 0 amide bonds. The fourth-order valence-corrected chi connectivity index (χ4v) is 1.87. The lowest BCUT2D eigenvalue weighted by molar-refractivity contribution is -0.295. The Bertz CT molecular complexity index is 598. The van der Waals surface area contributed by atoms with Crippen LogP contribution in [0.3, 0.4) is 0 Å². The minimum absolute atomic E-state index is 0.162. The number of carboxylic acid groups (broad SMARTS) is 1. The molecule has 3 heteroatoms. The average Bonchev–Trinajstić information content (AvgIpc) is 2.47. The van der Waals surface area contributed by atoms with Gasteiger partial charge in [0.15, 0.2) is 0 Å². The van der Waals surface area contributed by atoms with Crippen molar-refractivity contribution in [3.8, 4) is 5.75 Å². The molecule has 0 aliphatic heterocycles. The van der Waals surface area contributed by atoms with Crippen LogP contribution >= 0.6 is 0 Å². The molecule has 0 aromatic heterocycles. The third-order valence-electron chi connectivity index (χ3n) is 2.81. The Morgan fingerprint density at radius 3 is 2.30 bits per heavy atom. The zero-order chi connectivity index (χ0) is 14.4. The van der Waals surface area contributed by atoms with Gasteiger partial charge in [-0.15, -0.1) is 0 Å². The van der Waals surface area contributed by atoms with Gasteiger partial charge in [-0.05, 0) is 36.3 Å². The molecule has 0 bridgehead atoms. The van der Waals surface area contributed by atoms with Gasteiger partial charge in [0.1, 0.15) is 5.75 Å². The predicted molar refractivity (Wildman–Crippen MR) is 76.9 cm³/mol. The highest BCUT2D eigenvalue weighted by Crippen LogP contribution is 2.19. The van der Waals surface area contributed by atoms with E-state index >= 15 is 0 Å². The maximum atomic E-state index is 11.3. The van der Waals surface area contributed by atoms with Crippen molar-refractivity contribution in [2.24, 2.45) is 0 Å². The van der Waals surface area contributed by atoms with Crippen molar-refractivity contribution >= 4 is 17.6 Å². The van der Waals surface area contributed by atoms with E-state index in [0.29, 0.717) is 12.2 Å². The van der Waals surface area contributed by atoms with Crippen molar-refractivity contribution in [3.63, 3.8) is 0 Å². The third kappa shape index (κ3) is 3.48. The number of hydrogen-bond acceptors (Lipinski definition) is 3. The summed E-state index contributed by atoms with van der Waals surface area (Å²) in [4.78, 5) is 11.3. The van der Waals surface area contributed by atoms with Gasteiger partial charge in [-0.2, -0.15) is 0 Å². The highest BCUT2D eigenvalue weighted by Gasteiger charge is 2.02. The van der Waals surface area contributed by atoms with Crippen LogP contribution in [0.4, 0.5) is 0 Å². The Morgan fingerprint density at radius 2 is 1.75 bits per heavy atom. The third-order valence-corrected chi connectivity index (χ3v) is 2.81. The molecule has 0 N–H and O–H groups in total. The first-order chi connectivity index (χ1) is 9.70. The molecule has 0 atom stereocenters. The van der Waals surface area contributed by atoms with Crippen molar-refractivity contribution in [1.29, 1.82) is 0 Å². The standard InChI is InChI=1S/C17H16O3/c1-2-20-15-10-8-13(9-11-15)12-16(17(18)19)14-6-4-3-5-7-14/h3-12H,2H2,1H3,(H,18,19)/p-1/b16-12+. The maximum Gasteiger partial charge on any atom is 0.119 e. The summed E-state index contributed by atoms with van der Waals surface area (Å²) in [6, 6.07) is 16.2. The Hall–Kier alpha value is -2.55. The Kier molecular flexibility index (Phi) is 4.56. The SMILES string of the molecule is CCOc1ccc(/C=C(/C(=O)[O-])c2ccccc2)cc1. The lowest BCUT2D eigenvalue weighted by Crippen LogP contribution is -2.23. The van der Waals surface area contributed by atoms with Gasteiger partial charge in [-0.25, -0.2) is 0 Å². The molecule has 0 aliphatic rings. The highest BCUT2D eigenvalue weighted by molar-refractivity contribution is 6.19. The lowest BCUT2D eigenvalue weighted by Gasteiger charge is -2.09. The fraction of sp³-hybridized carbons (Fsp3) is 0.118. The normalized spacial score (nSPS) is 11.2. The molecule has 3 nitrogen and oxygen atoms in total. The zero-order valence-electron chi connectivity index (χ0n) is 11.2. The number of hydrogen-bond donors (Lipinski definition) is 0. The van der Waals surface area contributed by atoms with Gasteiger partial charge in [0.2, 0.25) is 0 Å². The largest absolute Gasteiger partial charge is 0.545 e. The highest BCUT2D eigenvalue weighted by atomic mass is 16.5. The summed E-state index contributed by atoms with van der Waals surface area (Å²) < 4.78 is 5.35. The molecule has 2 aromatic carbocycles. The van der Waals surface area contributed by atoms with Crippen LogP contribution in [0.2, 0.25) is 0 Å². The Balaban J connectivity index is 2.32. The summed E-state index contributed by atoms with van der Waals surface area (Å²) in [5.41, 5.74) is 1.58. The van der Waals surface area contributed by atoms with Crippen LogP contribution in [0.15, 0.2) is 54.6 Å². The lowest BCUT2D eigenvalue weighted by atomic mass is 10.0. The average molecular weight is 267 g/mol. The molecule has 102 valence electrons. The van der Waals surface area contributed by atoms with Crippen molar-refractivity contribution in [1.82, 2.24) is 0 Å². The smallest absolute Gasteiger partial charge is 0.119 e. The maximum absolute atomic E-state index is 11.3. The molecule has 0 fully saturated rings. The first-order valence-corrected chi connectivity index (χ1v) is 6.42. The van der Waals surface area contributed by atoms with Gasteiger partial charge in [0, 0.05) is 5.57 Å². The number of carboxylic acids is 1. The van der Waals surface area contributed by atoms with E-state index in [-0.39, 0.29) is 5.57 Å². The van der Waals surface area contributed by atoms with E-state index < -0.39 is 5.97 Å². The molecule has 0 unspecified atom stereocenters. The number of benzene rings is 2. The quantitative estimate of drug-likeness (QED) is 0.617. The molecule has 2 rings (SSSR count). The second-order valence-corrected chi connectivity index (χ2v) is 4.21. The summed E-state index contributed by atoms with van der Waals surface area (Å²) in [7, 11) is 0. The summed E-state index contributed by atoms with van der Waals surface area (Å²) in [5.74, 6) is -0.426. The second kappa shape index (κ2) is 6.57. The van der Waals surface area contributed by atoms with Gasteiger partial charge in [0.25, 0.3) is 0 Å². The number of carbonyl (C=O) groups is 1. The molecule has 0 saturated heterocycles. The Morgan fingerprint density at radius 1 is 1.10 bits per heavy atom. The topological polar surface area (TPSA) is 49.4 Å². The van der Waals surface area contributed by atoms with Crippen molar-refractivity contribution in [2.75, 3.05) is 6.61 Å². The first kappa shape index (κ1) is 13.9. The van der Waals surface area contributed by atoms with Gasteiger partial charge in [-0.1, -0.05) is 42.5 Å². The summed E-state index contributed by atoms with van der Waals surface area (Å²) in [6.45, 7) is 2.51. The van der Waals surface area contributed by atoms with Crippen LogP contribution in [0.5, 0.6) is 5.75 Å². The zero-order valence-corrected chi connectivity index (χ0v) is 11.2. The monoisotopic (exact) mass is 267 g/mol. The molecule has 2 aromatic rings. The second-order valence-electron chi connectivity index (χ2n) is 4.21. The first-order valence-electron chi connectivity index (χ1n) is 6.42. The summed E-state index contributed by atoms with van der Waals surface area (Å²) in [6.07, 6.45) is 1.60. The number of ether oxygens (including phenoxy) is 1. The van der Waals surface area contributed by atoms with E-state index in [9.17, 15) is 9.90 Å². The van der Waals surface area contributed by atoms with Crippen LogP contribution in [-0.4, -0.2) is 12.6 Å². The number of carbonyl (C=O) groups excluding carboxylic acids is 1. The summed E-state index contributed by atoms with van der Waals surface area (Å²) in [5, 5.41) is 11.3. The van der Waals surface area contributed by atoms with E-state index in [4.69, 9.17) is 4.74 Å². The van der Waals surface area contributed by atoms with Crippen molar-refractivity contribution in [3.05, 3.63) is 65.7 Å². The molecule has 0 heterocycles. The molecule has 20 heavy (non-hydrogen) atoms. The molecule has 0 radical (unpaired) electrons. The molecular weight excluding hydrogens is 252 g/mol. The Labute approximate surface area is 118 Å². The number of aliphatic carboxylic acids is 1. The minimum atomic E-state index is -1.19. The molecule has 0 aliphatic carbocycles. The van der Waals surface area contributed by atoms with Gasteiger partial charge >= 0.3 is 0 Å². The van der Waals surface area contributed by atoms with Crippen LogP contribution in [-0.2, 0) is 4.79 Å². The van der Waals surface area contributed by atoms with Crippen molar-refractivity contribution < 1.29 is 14.6 Å². The predicted octanol–water partition coefficient (Wildman–Crippen LogP) is 2.38. The van der Waals surface area contributed by atoms with Crippen LogP contribution < -0.4 is 9.84 Å². The van der Waals surface area contributed by atoms with Gasteiger partial charge in [0.05, 0.1) is 12.6 Å². The molecular formula is C17H15O3-. The minimum Gasteiger partial charge on any atom is -0.545 e. The van der Waals surface area contributed by atoms with Crippen molar-refractivity contribution in [2.45, 2.75) is 6.92 Å². The van der Waals surface area contributed by atoms with E-state index in [0.717, 1.165) is 11.3 Å². The van der Waals surface area contributed by atoms with E-state index in [2.05, 4.69) is 0 Å². The molecule has 0 spiro atoms. The van der Waals surface area contributed by atoms with E-state index in [1.807, 2.05) is 37.3 Å². The van der Waals surface area contributed by atoms with E-state index in [1.165, 1.54) is 0 Å². The van der Waals surface area contributed by atoms with E-state index in [1.54, 1.807) is 30.3 Å². The van der Waals surface area contributed by atoms with Gasteiger partial charge < -0.3 is 14.6 Å². The molecule has 0 saturated carbocycles. The van der Waals surface area contributed by atoms with Gasteiger partial charge in [-0.3, -0.25) is 0 Å². The fourth-order valence-electron chi connectivity index (χ4n) is 1.87. The number of rotatable bonds is 5. The van der Waals surface area contributed by atoms with Crippen LogP contribution in [0.25, 0.3) is 11.6 Å². The summed E-state index contributed by atoms with van der Waals surface area (Å²) >= 11 is 0.